The highest BCUT2D eigenvalue weighted by atomic mass is 79.9. The molecule has 2 amide bonds. The number of hydrogen-bond acceptors (Lipinski definition) is 4. The van der Waals surface area contributed by atoms with Crippen LogP contribution in [0.4, 0.5) is 18.9 Å². The lowest BCUT2D eigenvalue weighted by atomic mass is 10.1. The van der Waals surface area contributed by atoms with Crippen LogP contribution in [-0.4, -0.2) is 43.8 Å². The second-order valence-electron chi connectivity index (χ2n) is 10.8. The van der Waals surface area contributed by atoms with Gasteiger partial charge in [-0.25, -0.2) is 8.42 Å². The molecule has 1 N–H and O–H groups in total. The molecule has 0 saturated heterocycles. The first kappa shape index (κ1) is 33.8. The van der Waals surface area contributed by atoms with E-state index in [0.717, 1.165) is 47.9 Å². The molecule has 0 spiro atoms. The Kier molecular flexibility index (Phi) is 10.7. The van der Waals surface area contributed by atoms with Gasteiger partial charge in [-0.15, -0.1) is 0 Å². The van der Waals surface area contributed by atoms with Crippen molar-refractivity contribution in [3.05, 3.63) is 92.9 Å². The summed E-state index contributed by atoms with van der Waals surface area (Å²) in [6.07, 6.45) is -1.28. The zero-order valence-corrected chi connectivity index (χ0v) is 27.2. The molecule has 0 heterocycles. The summed E-state index contributed by atoms with van der Waals surface area (Å²) in [4.78, 5) is 28.4. The predicted octanol–water partition coefficient (Wildman–Crippen LogP) is 7.10. The van der Waals surface area contributed by atoms with Crippen molar-refractivity contribution in [3.8, 4) is 0 Å². The Balaban J connectivity index is 1.76. The van der Waals surface area contributed by atoms with Crippen LogP contribution in [0.3, 0.4) is 0 Å². The van der Waals surface area contributed by atoms with Crippen molar-refractivity contribution in [2.24, 2.45) is 0 Å². The smallest absolute Gasteiger partial charge is 0.352 e. The van der Waals surface area contributed by atoms with E-state index < -0.39 is 56.9 Å². The van der Waals surface area contributed by atoms with Gasteiger partial charge in [0.25, 0.3) is 10.0 Å². The average molecular weight is 715 g/mol. The Hall–Kier alpha value is -3.09. The molecule has 1 fully saturated rings. The molecule has 1 aliphatic carbocycles. The summed E-state index contributed by atoms with van der Waals surface area (Å²) in [6, 6.07) is 14.4. The van der Waals surface area contributed by atoms with Gasteiger partial charge in [0.2, 0.25) is 11.8 Å². The highest BCUT2D eigenvalue weighted by Gasteiger charge is 2.37. The molecule has 3 aromatic rings. The number of carbonyl (C=O) groups excluding carboxylic acids is 2. The molecular weight excluding hydrogens is 683 g/mol. The molecular formula is C31H32BrClF3N3O4S. The Morgan fingerprint density at radius 1 is 1.05 bits per heavy atom. The average Bonchev–Trinajstić information content (AvgIpc) is 3.47. The van der Waals surface area contributed by atoms with Crippen LogP contribution < -0.4 is 9.62 Å². The first-order chi connectivity index (χ1) is 20.7. The van der Waals surface area contributed by atoms with Gasteiger partial charge in [-0.1, -0.05) is 70.2 Å². The van der Waals surface area contributed by atoms with Crippen LogP contribution in [0.15, 0.2) is 76.1 Å². The maximum Gasteiger partial charge on any atom is 0.417 e. The third kappa shape index (κ3) is 8.13. The van der Waals surface area contributed by atoms with Gasteiger partial charge >= 0.3 is 6.18 Å². The standard InChI is InChI=1S/C31H32BrClF3N3O4S/c1-20-10-13-26(14-11-20)44(42,43)39(25-12-15-28(33)27(17-25)31(34,35)36)19-29(40)38(18-22-6-5-7-23(32)16-22)21(2)30(41)37-24-8-3-4-9-24/h5-7,10-17,21,24H,3-4,8-9,18-19H2,1-2H3,(H,37,41). The lowest BCUT2D eigenvalue weighted by Crippen LogP contribution is -2.52. The fraction of sp³-hybridized carbons (Fsp3) is 0.355. The number of hydrogen-bond donors (Lipinski definition) is 1. The van der Waals surface area contributed by atoms with E-state index in [-0.39, 0.29) is 17.5 Å². The first-order valence-corrected chi connectivity index (χ1v) is 16.6. The Morgan fingerprint density at radius 3 is 2.32 bits per heavy atom. The number of alkyl halides is 3. The van der Waals surface area contributed by atoms with Gasteiger partial charge in [-0.3, -0.25) is 13.9 Å². The van der Waals surface area contributed by atoms with Crippen LogP contribution in [0, 0.1) is 6.92 Å². The molecule has 1 unspecified atom stereocenters. The fourth-order valence-electron chi connectivity index (χ4n) is 5.06. The van der Waals surface area contributed by atoms with E-state index in [1.807, 2.05) is 0 Å². The normalized spacial score (nSPS) is 14.7. The maximum absolute atomic E-state index is 14.1. The molecule has 7 nitrogen and oxygen atoms in total. The third-order valence-corrected chi connectivity index (χ3v) is 10.2. The number of aryl methyl sites for hydroxylation is 1. The summed E-state index contributed by atoms with van der Waals surface area (Å²) in [5.74, 6) is -1.18. The highest BCUT2D eigenvalue weighted by molar-refractivity contribution is 9.10. The number of anilines is 1. The van der Waals surface area contributed by atoms with E-state index in [4.69, 9.17) is 11.6 Å². The van der Waals surface area contributed by atoms with Crippen LogP contribution in [0.2, 0.25) is 5.02 Å². The van der Waals surface area contributed by atoms with Crippen LogP contribution in [-0.2, 0) is 32.3 Å². The number of sulfonamides is 1. The Labute approximate surface area is 268 Å². The van der Waals surface area contributed by atoms with Crippen LogP contribution in [0.1, 0.15) is 49.3 Å². The molecule has 4 rings (SSSR count). The first-order valence-electron chi connectivity index (χ1n) is 14.0. The molecule has 236 valence electrons. The SMILES string of the molecule is Cc1ccc(S(=O)(=O)N(CC(=O)N(Cc2cccc(Br)c2)C(C)C(=O)NC2CCCC2)c2ccc(Cl)c(C(F)(F)F)c2)cc1. The number of rotatable bonds is 10. The summed E-state index contributed by atoms with van der Waals surface area (Å²) in [7, 11) is -4.55. The number of nitrogens with zero attached hydrogens (tertiary/aromatic N) is 2. The van der Waals surface area contributed by atoms with E-state index >= 15 is 0 Å². The largest absolute Gasteiger partial charge is 0.417 e. The number of carbonyl (C=O) groups is 2. The lowest BCUT2D eigenvalue weighted by Gasteiger charge is -2.32. The minimum absolute atomic E-state index is 0.0268. The van der Waals surface area contributed by atoms with E-state index in [2.05, 4.69) is 21.2 Å². The predicted molar refractivity (Wildman–Crippen MR) is 167 cm³/mol. The van der Waals surface area contributed by atoms with Crippen molar-refractivity contribution in [3.63, 3.8) is 0 Å². The second kappa shape index (κ2) is 13.9. The Bertz CT molecular complexity index is 1610. The molecule has 13 heteroatoms. The van der Waals surface area contributed by atoms with Crippen LogP contribution >= 0.6 is 27.5 Å². The summed E-state index contributed by atoms with van der Waals surface area (Å²) in [5, 5.41) is 2.36. The number of benzene rings is 3. The molecule has 0 aliphatic heterocycles. The van der Waals surface area contributed by atoms with Crippen molar-refractivity contribution in [2.45, 2.75) is 69.2 Å². The van der Waals surface area contributed by atoms with Gasteiger partial charge < -0.3 is 10.2 Å². The summed E-state index contributed by atoms with van der Waals surface area (Å²) in [6.45, 7) is 2.38. The van der Waals surface area contributed by atoms with Crippen molar-refractivity contribution < 1.29 is 31.2 Å². The maximum atomic E-state index is 14.1. The van der Waals surface area contributed by atoms with Crippen molar-refractivity contribution in [1.82, 2.24) is 10.2 Å². The molecule has 1 atom stereocenters. The van der Waals surface area contributed by atoms with E-state index in [0.29, 0.717) is 15.9 Å². The molecule has 1 aliphatic rings. The van der Waals surface area contributed by atoms with E-state index in [1.165, 1.54) is 17.0 Å². The van der Waals surface area contributed by atoms with Gasteiger partial charge in [0.1, 0.15) is 12.6 Å². The quantitative estimate of drug-likeness (QED) is 0.243. The van der Waals surface area contributed by atoms with Gasteiger partial charge in [-0.2, -0.15) is 13.2 Å². The van der Waals surface area contributed by atoms with Crippen molar-refractivity contribution in [2.75, 3.05) is 10.8 Å². The summed E-state index contributed by atoms with van der Waals surface area (Å²) < 4.78 is 70.7. The van der Waals surface area contributed by atoms with Crippen molar-refractivity contribution in [1.29, 1.82) is 0 Å². The zero-order valence-electron chi connectivity index (χ0n) is 24.1. The molecule has 0 bridgehead atoms. The summed E-state index contributed by atoms with van der Waals surface area (Å²) >= 11 is 9.23. The summed E-state index contributed by atoms with van der Waals surface area (Å²) in [5.41, 5.74) is -0.226. The molecule has 0 radical (unpaired) electrons. The topological polar surface area (TPSA) is 86.8 Å². The minimum Gasteiger partial charge on any atom is -0.352 e. The number of halogens is 5. The van der Waals surface area contributed by atoms with Gasteiger partial charge in [-0.05, 0) is 74.7 Å². The molecule has 1 saturated carbocycles. The van der Waals surface area contributed by atoms with Crippen LogP contribution in [0.5, 0.6) is 0 Å². The fourth-order valence-corrected chi connectivity index (χ4v) is 7.14. The molecule has 3 aromatic carbocycles. The monoisotopic (exact) mass is 713 g/mol. The van der Waals surface area contributed by atoms with Gasteiger partial charge in [0.05, 0.1) is 21.2 Å². The van der Waals surface area contributed by atoms with Crippen LogP contribution in [0.25, 0.3) is 0 Å². The van der Waals surface area contributed by atoms with Gasteiger partial charge in [0.15, 0.2) is 0 Å². The highest BCUT2D eigenvalue weighted by Crippen LogP contribution is 2.38. The molecule has 44 heavy (non-hydrogen) atoms. The third-order valence-electron chi connectivity index (χ3n) is 7.54. The lowest BCUT2D eigenvalue weighted by molar-refractivity contribution is -0.139. The Morgan fingerprint density at radius 2 is 1.70 bits per heavy atom. The number of amides is 2. The molecule has 0 aromatic heterocycles. The number of nitrogens with one attached hydrogen (secondary N) is 1. The van der Waals surface area contributed by atoms with Crippen molar-refractivity contribution >= 4 is 55.1 Å². The zero-order chi connectivity index (χ0) is 32.2. The minimum atomic E-state index is -4.88. The van der Waals surface area contributed by atoms with E-state index in [1.54, 1.807) is 50.2 Å². The van der Waals surface area contributed by atoms with E-state index in [9.17, 15) is 31.2 Å². The second-order valence-corrected chi connectivity index (χ2v) is 14.0. The van der Waals surface area contributed by atoms with Gasteiger partial charge in [0, 0.05) is 17.1 Å².